The Labute approximate surface area is 170 Å². The summed E-state index contributed by atoms with van der Waals surface area (Å²) < 4.78 is 16.9. The summed E-state index contributed by atoms with van der Waals surface area (Å²) >= 11 is 0. The minimum Gasteiger partial charge on any atom is -0.480 e. The van der Waals surface area contributed by atoms with Gasteiger partial charge in [-0.1, -0.05) is 0 Å². The van der Waals surface area contributed by atoms with E-state index in [2.05, 4.69) is 5.32 Å². The van der Waals surface area contributed by atoms with Crippen LogP contribution >= 0.6 is 0 Å². The molecule has 1 fully saturated rings. The van der Waals surface area contributed by atoms with Gasteiger partial charge < -0.3 is 24.1 Å². The molecule has 1 aromatic carbocycles. The Kier molecular flexibility index (Phi) is 5.87. The van der Waals surface area contributed by atoms with Crippen LogP contribution in [0.2, 0.25) is 0 Å². The van der Waals surface area contributed by atoms with E-state index in [1.165, 1.54) is 4.90 Å². The molecule has 0 unspecified atom stereocenters. The van der Waals surface area contributed by atoms with E-state index in [0.29, 0.717) is 17.9 Å². The summed E-state index contributed by atoms with van der Waals surface area (Å²) in [7, 11) is 0. The van der Waals surface area contributed by atoms with E-state index >= 15 is 0 Å². The molecule has 0 spiro atoms. The molecular weight excluding hydrogens is 372 g/mol. The Morgan fingerprint density at radius 3 is 2.79 bits per heavy atom. The SMILES string of the molecule is Cc1c(O[C@H](C)C(=O)NCC[NH+]2CCOCC2)ccc2c3c(c(=O)oc12)CCC3. The maximum Gasteiger partial charge on any atom is 0.339 e. The molecule has 7 heteroatoms. The highest BCUT2D eigenvalue weighted by atomic mass is 16.5. The monoisotopic (exact) mass is 401 g/mol. The minimum absolute atomic E-state index is 0.146. The van der Waals surface area contributed by atoms with Gasteiger partial charge in [0, 0.05) is 16.5 Å². The number of fused-ring (bicyclic) bond motifs is 3. The second kappa shape index (κ2) is 8.55. The van der Waals surface area contributed by atoms with Crippen LogP contribution in [0.5, 0.6) is 5.75 Å². The third-order valence-corrected chi connectivity index (χ3v) is 5.99. The molecule has 2 heterocycles. The van der Waals surface area contributed by atoms with E-state index in [1.807, 2.05) is 19.1 Å². The fraction of sp³-hybridized carbons (Fsp3) is 0.545. The van der Waals surface area contributed by atoms with Gasteiger partial charge in [0.2, 0.25) is 0 Å². The van der Waals surface area contributed by atoms with Crippen molar-refractivity contribution in [2.75, 3.05) is 39.4 Å². The molecule has 0 saturated carbocycles. The molecule has 1 aliphatic carbocycles. The predicted molar refractivity (Wildman–Crippen MR) is 109 cm³/mol. The van der Waals surface area contributed by atoms with E-state index in [9.17, 15) is 9.59 Å². The Morgan fingerprint density at radius 2 is 2.00 bits per heavy atom. The van der Waals surface area contributed by atoms with Crippen LogP contribution < -0.4 is 20.6 Å². The smallest absolute Gasteiger partial charge is 0.339 e. The van der Waals surface area contributed by atoms with E-state index in [0.717, 1.165) is 74.2 Å². The zero-order valence-corrected chi connectivity index (χ0v) is 17.1. The maximum atomic E-state index is 12.4. The van der Waals surface area contributed by atoms with Crippen LogP contribution in [0, 0.1) is 6.92 Å². The van der Waals surface area contributed by atoms with Crippen molar-refractivity contribution < 1.29 is 23.6 Å². The van der Waals surface area contributed by atoms with Gasteiger partial charge in [-0.25, -0.2) is 4.79 Å². The molecule has 7 nitrogen and oxygen atoms in total. The lowest BCUT2D eigenvalue weighted by molar-refractivity contribution is -0.906. The van der Waals surface area contributed by atoms with Gasteiger partial charge in [-0.05, 0) is 50.8 Å². The summed E-state index contributed by atoms with van der Waals surface area (Å²) in [4.78, 5) is 26.2. The topological polar surface area (TPSA) is 82.2 Å². The van der Waals surface area contributed by atoms with Crippen molar-refractivity contribution in [2.45, 2.75) is 39.2 Å². The van der Waals surface area contributed by atoms with Crippen LogP contribution in [0.15, 0.2) is 21.3 Å². The highest BCUT2D eigenvalue weighted by Gasteiger charge is 2.23. The molecule has 1 saturated heterocycles. The van der Waals surface area contributed by atoms with Gasteiger partial charge in [0.15, 0.2) is 6.10 Å². The van der Waals surface area contributed by atoms with E-state index < -0.39 is 6.10 Å². The predicted octanol–water partition coefficient (Wildman–Crippen LogP) is 0.389. The molecule has 1 atom stereocenters. The maximum absolute atomic E-state index is 12.4. The molecular formula is C22H29N2O5+. The van der Waals surface area contributed by atoms with Crippen LogP contribution in [-0.4, -0.2) is 51.4 Å². The van der Waals surface area contributed by atoms with Gasteiger partial charge in [0.05, 0.1) is 26.3 Å². The number of benzene rings is 1. The number of carbonyl (C=O) groups excluding carboxylic acids is 1. The largest absolute Gasteiger partial charge is 0.480 e. The molecule has 0 bridgehead atoms. The van der Waals surface area contributed by atoms with Crippen LogP contribution in [0.1, 0.15) is 30.0 Å². The van der Waals surface area contributed by atoms with Crippen molar-refractivity contribution in [1.29, 1.82) is 0 Å². The summed E-state index contributed by atoms with van der Waals surface area (Å²) in [5.74, 6) is 0.424. The van der Waals surface area contributed by atoms with E-state index in [1.54, 1.807) is 6.92 Å². The summed E-state index contributed by atoms with van der Waals surface area (Å²) in [5.41, 5.74) is 2.98. The lowest BCUT2D eigenvalue weighted by atomic mass is 10.0. The number of nitrogens with one attached hydrogen (secondary N) is 2. The first-order valence-corrected chi connectivity index (χ1v) is 10.5. The standard InChI is InChI=1S/C22H28N2O5/c1-14-19(7-6-17-16-4-3-5-18(16)22(26)29-20(14)17)28-15(2)21(25)23-8-9-24-10-12-27-13-11-24/h6-7,15H,3-5,8-13H2,1-2H3,(H,23,25)/p+1/t15-/m1/s1. The zero-order valence-electron chi connectivity index (χ0n) is 17.1. The van der Waals surface area contributed by atoms with E-state index in [4.69, 9.17) is 13.9 Å². The van der Waals surface area contributed by atoms with Crippen molar-refractivity contribution in [1.82, 2.24) is 5.32 Å². The molecule has 1 aliphatic heterocycles. The van der Waals surface area contributed by atoms with Crippen LogP contribution in [0.4, 0.5) is 0 Å². The van der Waals surface area contributed by atoms with E-state index in [-0.39, 0.29) is 11.5 Å². The Bertz CT molecular complexity index is 962. The first kappa shape index (κ1) is 19.9. The fourth-order valence-electron chi connectivity index (χ4n) is 4.25. The van der Waals surface area contributed by atoms with Crippen LogP contribution in [0.25, 0.3) is 11.0 Å². The average molecular weight is 401 g/mol. The number of morpholine rings is 1. The lowest BCUT2D eigenvalue weighted by Gasteiger charge is -2.24. The van der Waals surface area contributed by atoms with Gasteiger partial charge in [-0.15, -0.1) is 0 Å². The highest BCUT2D eigenvalue weighted by molar-refractivity contribution is 5.86. The Balaban J connectivity index is 1.42. The lowest BCUT2D eigenvalue weighted by Crippen LogP contribution is -3.14. The van der Waals surface area contributed by atoms with Crippen molar-refractivity contribution in [2.24, 2.45) is 0 Å². The molecule has 2 aliphatic rings. The molecule has 0 radical (unpaired) electrons. The molecule has 29 heavy (non-hydrogen) atoms. The average Bonchev–Trinajstić information content (AvgIpc) is 3.22. The molecule has 1 aromatic heterocycles. The summed E-state index contributed by atoms with van der Waals surface area (Å²) in [6.07, 6.45) is 2.04. The van der Waals surface area contributed by atoms with Crippen LogP contribution in [0.3, 0.4) is 0 Å². The minimum atomic E-state index is -0.632. The Morgan fingerprint density at radius 1 is 1.24 bits per heavy atom. The molecule has 2 N–H and O–H groups in total. The summed E-state index contributed by atoms with van der Waals surface area (Å²) in [5, 5.41) is 3.93. The zero-order chi connectivity index (χ0) is 20.4. The van der Waals surface area contributed by atoms with Crippen molar-refractivity contribution in [3.63, 3.8) is 0 Å². The normalized spacial score (nSPS) is 17.9. The number of carbonyl (C=O) groups is 1. The third-order valence-electron chi connectivity index (χ3n) is 5.99. The van der Waals surface area contributed by atoms with Crippen molar-refractivity contribution in [3.8, 4) is 5.75 Å². The third kappa shape index (κ3) is 4.16. The number of quaternary nitrogens is 1. The van der Waals surface area contributed by atoms with Gasteiger partial charge in [0.25, 0.3) is 5.91 Å². The number of aryl methyl sites for hydroxylation is 2. The molecule has 1 amide bonds. The van der Waals surface area contributed by atoms with Gasteiger partial charge >= 0.3 is 5.63 Å². The first-order valence-electron chi connectivity index (χ1n) is 10.5. The number of hydrogen-bond acceptors (Lipinski definition) is 5. The van der Waals surface area contributed by atoms with Gasteiger partial charge in [-0.3, -0.25) is 4.79 Å². The number of hydrogen-bond donors (Lipinski definition) is 2. The van der Waals surface area contributed by atoms with Crippen LogP contribution in [-0.2, 0) is 22.4 Å². The first-order chi connectivity index (χ1) is 14.0. The van der Waals surface area contributed by atoms with Crippen molar-refractivity contribution >= 4 is 16.9 Å². The van der Waals surface area contributed by atoms with Gasteiger partial charge in [-0.2, -0.15) is 0 Å². The quantitative estimate of drug-likeness (QED) is 0.685. The molecule has 156 valence electrons. The highest BCUT2D eigenvalue weighted by Crippen LogP contribution is 2.33. The van der Waals surface area contributed by atoms with Crippen molar-refractivity contribution in [3.05, 3.63) is 39.2 Å². The molecule has 2 aromatic rings. The van der Waals surface area contributed by atoms with Gasteiger partial charge in [0.1, 0.15) is 24.4 Å². The number of ether oxygens (including phenoxy) is 2. The Hall–Kier alpha value is -2.38. The number of rotatable bonds is 6. The summed E-state index contributed by atoms with van der Waals surface area (Å²) in [6.45, 7) is 8.62. The number of amides is 1. The molecule has 4 rings (SSSR count). The fourth-order valence-corrected chi connectivity index (χ4v) is 4.25. The second-order valence-electron chi connectivity index (χ2n) is 7.93. The summed E-state index contributed by atoms with van der Waals surface area (Å²) in [6, 6.07) is 3.81. The second-order valence-corrected chi connectivity index (χ2v) is 7.93.